The van der Waals surface area contributed by atoms with Gasteiger partial charge in [0.05, 0.1) is 62.0 Å². The third-order valence-corrected chi connectivity index (χ3v) is 48.9. The molecule has 4 aliphatic heterocycles. The van der Waals surface area contributed by atoms with Crippen molar-refractivity contribution in [2.75, 3.05) is 52.9 Å². The van der Waals surface area contributed by atoms with Crippen molar-refractivity contribution in [3.05, 3.63) is 58.2 Å². The van der Waals surface area contributed by atoms with Gasteiger partial charge in [-0.15, -0.1) is 12.4 Å². The first kappa shape index (κ1) is 123. The van der Waals surface area contributed by atoms with Gasteiger partial charge in [0.1, 0.15) is 17.3 Å². The minimum atomic E-state index is -1.29. The van der Waals surface area contributed by atoms with Crippen LogP contribution in [0.3, 0.4) is 0 Å². The molecule has 24 rings (SSSR count). The van der Waals surface area contributed by atoms with E-state index in [-0.39, 0.29) is 86.5 Å². The van der Waals surface area contributed by atoms with E-state index in [1.54, 1.807) is 22.3 Å². The molecule has 19 fully saturated rings. The fraction of sp³-hybridized carbons (Fsp3) is 0.898. The molecule has 0 aromatic carbocycles. The number of hydrogen-bond donors (Lipinski definition) is 4. The Balaban J connectivity index is 0.000000149. The molecule has 836 valence electrons. The molecule has 0 aromatic rings. The van der Waals surface area contributed by atoms with Gasteiger partial charge < -0.3 is 53.6 Å². The molecule has 4 heterocycles. The van der Waals surface area contributed by atoms with Gasteiger partial charge in [0.15, 0.2) is 17.4 Å². The quantitative estimate of drug-likeness (QED) is 0.115. The van der Waals surface area contributed by atoms with Crippen molar-refractivity contribution in [1.82, 2.24) is 0 Å². The van der Waals surface area contributed by atoms with E-state index in [4.69, 9.17) is 44.6 Å². The Kier molecular flexibility index (Phi) is 38.8. The number of carbonyl (C=O) groups is 3. The number of carbonyl (C=O) groups excluding carboxylic acids is 3. The van der Waals surface area contributed by atoms with Crippen LogP contribution < -0.4 is 0 Å². The summed E-state index contributed by atoms with van der Waals surface area (Å²) in [6, 6.07) is 0. The summed E-state index contributed by atoms with van der Waals surface area (Å²) in [5.74, 6) is 13.9. The second-order valence-electron chi connectivity index (χ2n) is 56.8. The van der Waals surface area contributed by atoms with Gasteiger partial charge in [-0.05, 0) is 494 Å². The maximum atomic E-state index is 12.2. The molecule has 4 N–H and O–H groups in total. The fourth-order valence-electron chi connectivity index (χ4n) is 41.8. The zero-order chi connectivity index (χ0) is 102. The maximum absolute atomic E-state index is 12.2. The molecule has 15 saturated carbocycles. The summed E-state index contributed by atoms with van der Waals surface area (Å²) in [6.07, 6.45) is 67.2. The van der Waals surface area contributed by atoms with Crippen LogP contribution in [0.15, 0.2) is 58.2 Å². The van der Waals surface area contributed by atoms with Gasteiger partial charge in [-0.1, -0.05) is 157 Å². The molecular formula is C128H213B2ClI2O14. The number of ketones is 3. The van der Waals surface area contributed by atoms with Gasteiger partial charge in [-0.25, -0.2) is 0 Å². The minimum absolute atomic E-state index is 0. The number of hydrogen-bond acceptors (Lipinski definition) is 14. The summed E-state index contributed by atoms with van der Waals surface area (Å²) in [4.78, 5) is 36.7. The van der Waals surface area contributed by atoms with E-state index in [0.717, 1.165) is 251 Å². The molecule has 34 atom stereocenters. The van der Waals surface area contributed by atoms with Crippen molar-refractivity contribution < 1.29 is 68.0 Å². The third-order valence-electron chi connectivity index (χ3n) is 48.9. The van der Waals surface area contributed by atoms with Crippen LogP contribution >= 0.6 is 46.4 Å². The fourth-order valence-corrected chi connectivity index (χ4v) is 41.8. The molecule has 0 bridgehead atoms. The Morgan fingerprint density at radius 2 is 0.531 bits per heavy atom. The van der Waals surface area contributed by atoms with Crippen LogP contribution in [0, 0.1) is 173 Å². The number of fused-ring (bicyclic) bond motifs is 25. The van der Waals surface area contributed by atoms with Crippen molar-refractivity contribution in [2.24, 2.45) is 173 Å². The number of aliphatic hydroxyl groups is 4. The zero-order valence-electron chi connectivity index (χ0n) is 93.0. The van der Waals surface area contributed by atoms with E-state index in [1.165, 1.54) is 198 Å². The van der Waals surface area contributed by atoms with Crippen LogP contribution in [-0.4, -0.2) is 142 Å². The van der Waals surface area contributed by atoms with Crippen LogP contribution in [0.5, 0.6) is 0 Å². The molecule has 0 amide bonds. The van der Waals surface area contributed by atoms with E-state index in [0.29, 0.717) is 74.0 Å². The molecule has 0 aromatic heterocycles. The van der Waals surface area contributed by atoms with E-state index in [1.807, 2.05) is 41.5 Å². The Morgan fingerprint density at radius 3 is 0.776 bits per heavy atom. The monoisotopic (exact) mass is 2290 g/mol. The SMILES string of the molecule is C.C.C.C.C1CCOC1.CC(=O)[C@H]1CC[C@H]2[C@@H]3CC=C4C[C@@](C)(O)CCC[C@]4(C)[C@H]3CC[C@]12C.CC(=O)[C@H]1CC[C@H]2[C@@H]3CC=C4C[C@](C)(O)CCC[C@]4(C)[C@H]3CC[C@]12C.CC1([C@H]2CC[C@H]3[C@@H]4CC=C5CC(=O)CCC[C@]5(C)[C@H]4CC[C@]23C)OCCO1.CC1([C@H]2CC[C@H]3[C@@H]4CC=C5C[C@@](C)(O)CCC[C@]5(C)[C@H]4CC[C@]23C)OCCO1.CC1([C@H]2CC[C@H]3[C@@H]4CC=C5C[C@](C)(O)CCC[C@]5(C)[C@H]4CC[C@]23C)OCCO1.Cl.[B]I([B])I. The van der Waals surface area contributed by atoms with Crippen molar-refractivity contribution in [1.29, 1.82) is 0 Å². The summed E-state index contributed by atoms with van der Waals surface area (Å²) < 4.78 is 41.8. The number of rotatable bonds is 5. The van der Waals surface area contributed by atoms with E-state index >= 15 is 0 Å². The Labute approximate surface area is 922 Å². The summed E-state index contributed by atoms with van der Waals surface area (Å²) >= 11 is 0.762. The average molecular weight is 2290 g/mol. The molecule has 0 unspecified atom stereocenters. The molecule has 0 spiro atoms. The van der Waals surface area contributed by atoms with Gasteiger partial charge >= 0.3 is 45.4 Å². The van der Waals surface area contributed by atoms with Crippen LogP contribution in [0.2, 0.25) is 0 Å². The predicted octanol–water partition coefficient (Wildman–Crippen LogP) is 31.6. The second kappa shape index (κ2) is 46.3. The number of ether oxygens (including phenoxy) is 7. The van der Waals surface area contributed by atoms with Gasteiger partial charge in [-0.2, -0.15) is 0 Å². The molecule has 19 heteroatoms. The molecule has 20 aliphatic carbocycles. The molecular weight excluding hydrogens is 2070 g/mol. The summed E-state index contributed by atoms with van der Waals surface area (Å²) in [5.41, 5.74) is 18.6. The third kappa shape index (κ3) is 22.9. The van der Waals surface area contributed by atoms with E-state index in [9.17, 15) is 34.8 Å². The number of halogens is 3. The molecule has 4 radical (unpaired) electrons. The van der Waals surface area contributed by atoms with Crippen LogP contribution in [0.1, 0.15) is 463 Å². The normalized spacial score (nSPS) is 48.1. The van der Waals surface area contributed by atoms with Gasteiger partial charge in [0.2, 0.25) is 0 Å². The standard InChI is InChI=1S/2C25H40O3.C24H36O3.2C23H36O2.C4H8O.4CH4.B2I2.ClH/c2*1-22(26)11-5-12-23(2)17(16-22)6-7-18-19-8-9-21(25(4)27-14-15-28-25)24(19,3)13-10-20(18)23;1-22-11-4-5-17(25)15-16(22)6-7-18-19-8-9-21(24(3)26-13-14-27-24)23(19,2)12-10-20(18)22;2*1-15(24)18-8-9-19-17-7-6-16-14-21(2,25)11-5-12-22(16,3)20(17)10-13-23(18,19)4;1-2-4-5-3-1;;;;;1-4(2)3;/h2*6,18-21,26H,5,7-16H2,1-4H3;6,18-21H,4-5,7-15H2,1-3H3;2*6,17-20,25H,5,7-14H2,1-4H3;1-4H2;4*1H4;;1H/t18-,19-,20-,21-,22+,23-,24-;18-,19-,20-,21-,22-,23-,24-;18-,19-,20-,21-,22-,23-;17-,18+,19-,20-,21+,22-,23+;17-,18+,19-,20-,21-,22-,23+;;;;;;;/m00000......./s1. The van der Waals surface area contributed by atoms with Gasteiger partial charge in [0.25, 0.3) is 0 Å². The second-order valence-corrected chi connectivity index (χ2v) is 64.8. The summed E-state index contributed by atoms with van der Waals surface area (Å²) in [5, 5.41) is 43.0. The molecule has 14 nitrogen and oxygen atoms in total. The van der Waals surface area contributed by atoms with Crippen molar-refractivity contribution >= 4 is 75.2 Å². The first-order chi connectivity index (χ1) is 66.8. The van der Waals surface area contributed by atoms with Gasteiger partial charge in [0, 0.05) is 55.6 Å². The Morgan fingerprint density at radius 1 is 0.306 bits per heavy atom. The predicted molar refractivity (Wildman–Crippen MR) is 623 cm³/mol. The van der Waals surface area contributed by atoms with E-state index < -0.39 is 37.8 Å². The summed E-state index contributed by atoms with van der Waals surface area (Å²) in [7, 11) is 0. The average Bonchev–Trinajstić information content (AvgIpc) is 1.60. The number of allylic oxidation sites excluding steroid dienone is 6. The van der Waals surface area contributed by atoms with E-state index in [2.05, 4.69) is 139 Å². The first-order valence-corrected chi connectivity index (χ1v) is 67.7. The van der Waals surface area contributed by atoms with Gasteiger partial charge in [-0.3, -0.25) is 14.4 Å². The molecule has 4 saturated heterocycles. The topological polar surface area (TPSA) is 197 Å². The molecule has 24 aliphatic rings. The number of Topliss-reactive ketones (excluding diaryl/α,β-unsaturated/α-hetero) is 3. The van der Waals surface area contributed by atoms with Crippen molar-refractivity contribution in [3.63, 3.8) is 0 Å². The Hall–Kier alpha value is -0.850. The zero-order valence-corrected chi connectivity index (χ0v) is 98.1. The van der Waals surface area contributed by atoms with Crippen molar-refractivity contribution in [3.8, 4) is 0 Å². The van der Waals surface area contributed by atoms with Crippen LogP contribution in [0.4, 0.5) is 0 Å². The molecule has 147 heavy (non-hydrogen) atoms. The van der Waals surface area contributed by atoms with Crippen molar-refractivity contribution in [2.45, 2.75) is 503 Å². The Bertz CT molecular complexity index is 4430. The summed E-state index contributed by atoms with van der Waals surface area (Å²) in [6.45, 7) is 50.0. The first-order valence-electron chi connectivity index (χ1n) is 59.0. The van der Waals surface area contributed by atoms with Crippen LogP contribution in [-0.2, 0) is 47.5 Å². The van der Waals surface area contributed by atoms with Crippen LogP contribution in [0.25, 0.3) is 0 Å².